The molecule has 4 rings (SSSR count). The summed E-state index contributed by atoms with van der Waals surface area (Å²) in [6, 6.07) is 13.5. The summed E-state index contributed by atoms with van der Waals surface area (Å²) < 4.78 is 11.7. The highest BCUT2D eigenvalue weighted by molar-refractivity contribution is 7.20. The SMILES string of the molecule is Cl.N=C(N)c1cc2c(C#Cc3ccc4c(c3)OCO4)cccc2s1. The largest absolute Gasteiger partial charge is 0.454 e. The van der Waals surface area contributed by atoms with Crippen molar-refractivity contribution in [1.82, 2.24) is 0 Å². The third-order valence-electron chi connectivity index (χ3n) is 3.54. The maximum Gasteiger partial charge on any atom is 0.231 e. The van der Waals surface area contributed by atoms with Crippen LogP contribution in [0.3, 0.4) is 0 Å². The Morgan fingerprint density at radius 3 is 2.75 bits per heavy atom. The van der Waals surface area contributed by atoms with Gasteiger partial charge in [-0.1, -0.05) is 17.9 Å². The van der Waals surface area contributed by atoms with Gasteiger partial charge in [-0.3, -0.25) is 5.41 Å². The van der Waals surface area contributed by atoms with Crippen LogP contribution in [-0.2, 0) is 0 Å². The minimum Gasteiger partial charge on any atom is -0.454 e. The molecule has 0 radical (unpaired) electrons. The average molecular weight is 357 g/mol. The summed E-state index contributed by atoms with van der Waals surface area (Å²) >= 11 is 1.50. The second-order valence-electron chi connectivity index (χ2n) is 5.06. The number of rotatable bonds is 1. The highest BCUT2D eigenvalue weighted by atomic mass is 35.5. The molecule has 120 valence electrons. The van der Waals surface area contributed by atoms with E-state index >= 15 is 0 Å². The number of hydrogen-bond donors (Lipinski definition) is 2. The Morgan fingerprint density at radius 2 is 1.92 bits per heavy atom. The summed E-state index contributed by atoms with van der Waals surface area (Å²) in [4.78, 5) is 0.761. The molecule has 2 heterocycles. The number of thiophene rings is 1. The maximum atomic E-state index is 7.57. The molecule has 4 nitrogen and oxygen atoms in total. The van der Waals surface area contributed by atoms with Crippen LogP contribution in [0.25, 0.3) is 10.1 Å². The van der Waals surface area contributed by atoms with E-state index in [0.717, 1.165) is 37.6 Å². The van der Waals surface area contributed by atoms with Crippen molar-refractivity contribution >= 4 is 39.7 Å². The first-order valence-corrected chi connectivity index (χ1v) is 7.81. The Labute approximate surface area is 149 Å². The van der Waals surface area contributed by atoms with Crippen LogP contribution in [0, 0.1) is 17.3 Å². The zero-order chi connectivity index (χ0) is 15.8. The molecule has 0 aliphatic carbocycles. The van der Waals surface area contributed by atoms with Gasteiger partial charge in [-0.2, -0.15) is 0 Å². The van der Waals surface area contributed by atoms with Gasteiger partial charge in [-0.15, -0.1) is 23.7 Å². The van der Waals surface area contributed by atoms with E-state index in [1.807, 2.05) is 42.5 Å². The number of benzene rings is 2. The van der Waals surface area contributed by atoms with E-state index in [-0.39, 0.29) is 25.0 Å². The standard InChI is InChI=1S/C18H12N2O2S.ClH/c19-18(20)17-9-13-12(2-1-3-16(13)23-17)6-4-11-5-7-14-15(8-11)22-10-21-14;/h1-3,5,7-9H,10H2,(H3,19,20);1H. The van der Waals surface area contributed by atoms with E-state index in [4.69, 9.17) is 20.6 Å². The first-order valence-electron chi connectivity index (χ1n) is 6.99. The van der Waals surface area contributed by atoms with Crippen LogP contribution in [-0.4, -0.2) is 12.6 Å². The fourth-order valence-corrected chi connectivity index (χ4v) is 3.37. The van der Waals surface area contributed by atoms with Crippen molar-refractivity contribution in [2.24, 2.45) is 5.73 Å². The van der Waals surface area contributed by atoms with Gasteiger partial charge in [-0.25, -0.2) is 0 Å². The molecular formula is C18H13ClN2O2S. The molecule has 0 saturated heterocycles. The lowest BCUT2D eigenvalue weighted by Gasteiger charge is -1.96. The molecule has 1 aliphatic rings. The summed E-state index contributed by atoms with van der Waals surface area (Å²) in [6.07, 6.45) is 0. The molecule has 0 atom stereocenters. The van der Waals surface area contributed by atoms with Gasteiger partial charge >= 0.3 is 0 Å². The zero-order valence-corrected chi connectivity index (χ0v) is 14.1. The van der Waals surface area contributed by atoms with Gasteiger partial charge < -0.3 is 15.2 Å². The minimum absolute atomic E-state index is 0. The molecule has 0 spiro atoms. The summed E-state index contributed by atoms with van der Waals surface area (Å²) in [5.41, 5.74) is 7.37. The topological polar surface area (TPSA) is 68.3 Å². The van der Waals surface area contributed by atoms with Crippen LogP contribution in [0.2, 0.25) is 0 Å². The molecule has 1 aliphatic heterocycles. The summed E-state index contributed by atoms with van der Waals surface area (Å²) in [7, 11) is 0. The van der Waals surface area contributed by atoms with Crippen LogP contribution in [0.1, 0.15) is 16.0 Å². The summed E-state index contributed by atoms with van der Waals surface area (Å²) in [5, 5.41) is 8.60. The van der Waals surface area contributed by atoms with Gasteiger partial charge in [0.05, 0.1) is 4.88 Å². The molecule has 0 amide bonds. The highest BCUT2D eigenvalue weighted by Crippen LogP contribution is 2.32. The van der Waals surface area contributed by atoms with Gasteiger partial charge in [0.25, 0.3) is 0 Å². The fraction of sp³-hybridized carbons (Fsp3) is 0.0556. The number of amidine groups is 1. The van der Waals surface area contributed by atoms with E-state index in [1.165, 1.54) is 11.3 Å². The Morgan fingerprint density at radius 1 is 1.08 bits per heavy atom. The zero-order valence-electron chi connectivity index (χ0n) is 12.5. The third-order valence-corrected chi connectivity index (χ3v) is 4.67. The molecule has 6 heteroatoms. The van der Waals surface area contributed by atoms with Crippen molar-refractivity contribution < 1.29 is 9.47 Å². The normalized spacial score (nSPS) is 11.5. The number of nitrogen functional groups attached to an aromatic ring is 1. The van der Waals surface area contributed by atoms with E-state index in [1.54, 1.807) is 0 Å². The number of ether oxygens (including phenoxy) is 2. The number of halogens is 1. The van der Waals surface area contributed by atoms with Crippen molar-refractivity contribution in [3.63, 3.8) is 0 Å². The highest BCUT2D eigenvalue weighted by Gasteiger charge is 2.12. The molecule has 3 aromatic rings. The van der Waals surface area contributed by atoms with Crippen molar-refractivity contribution in [3.8, 4) is 23.3 Å². The minimum atomic E-state index is 0. The predicted octanol–water partition coefficient (Wildman–Crippen LogP) is 3.74. The van der Waals surface area contributed by atoms with Crippen molar-refractivity contribution in [1.29, 1.82) is 5.41 Å². The van der Waals surface area contributed by atoms with Gasteiger partial charge in [0.1, 0.15) is 5.84 Å². The summed E-state index contributed by atoms with van der Waals surface area (Å²) in [6.45, 7) is 0.258. The molecule has 0 fully saturated rings. The Balaban J connectivity index is 0.00000169. The second kappa shape index (κ2) is 6.44. The van der Waals surface area contributed by atoms with Crippen LogP contribution in [0.4, 0.5) is 0 Å². The Kier molecular flexibility index (Phi) is 4.34. The lowest BCUT2D eigenvalue weighted by atomic mass is 10.1. The van der Waals surface area contributed by atoms with Crippen molar-refractivity contribution in [2.45, 2.75) is 0 Å². The summed E-state index contributed by atoms with van der Waals surface area (Å²) in [5.74, 6) is 7.91. The fourth-order valence-electron chi connectivity index (χ4n) is 2.42. The maximum absolute atomic E-state index is 7.57. The predicted molar refractivity (Wildman–Crippen MR) is 98.6 cm³/mol. The first kappa shape index (κ1) is 16.2. The van der Waals surface area contributed by atoms with E-state index < -0.39 is 0 Å². The molecule has 0 bridgehead atoms. The first-order chi connectivity index (χ1) is 11.2. The van der Waals surface area contributed by atoms with Crippen molar-refractivity contribution in [3.05, 3.63) is 58.5 Å². The van der Waals surface area contributed by atoms with Crippen LogP contribution < -0.4 is 15.2 Å². The average Bonchev–Trinajstić information content (AvgIpc) is 3.18. The lowest BCUT2D eigenvalue weighted by molar-refractivity contribution is 0.174. The van der Waals surface area contributed by atoms with Gasteiger partial charge in [0.2, 0.25) is 6.79 Å². The van der Waals surface area contributed by atoms with Crippen molar-refractivity contribution in [2.75, 3.05) is 6.79 Å². The number of nitrogens with one attached hydrogen (secondary N) is 1. The number of fused-ring (bicyclic) bond motifs is 2. The molecule has 3 N–H and O–H groups in total. The Hall–Kier alpha value is -2.68. The molecule has 0 unspecified atom stereocenters. The smallest absolute Gasteiger partial charge is 0.231 e. The molecule has 1 aromatic heterocycles. The monoisotopic (exact) mass is 356 g/mol. The van der Waals surface area contributed by atoms with Crippen LogP contribution >= 0.6 is 23.7 Å². The van der Waals surface area contributed by atoms with Crippen LogP contribution in [0.15, 0.2) is 42.5 Å². The Bertz CT molecular complexity index is 1000. The molecule has 0 saturated carbocycles. The van der Waals surface area contributed by atoms with E-state index in [9.17, 15) is 0 Å². The third kappa shape index (κ3) is 2.90. The number of nitrogens with two attached hydrogens (primary N) is 1. The second-order valence-corrected chi connectivity index (χ2v) is 6.14. The van der Waals surface area contributed by atoms with Crippen LogP contribution in [0.5, 0.6) is 11.5 Å². The molecule has 24 heavy (non-hydrogen) atoms. The van der Waals surface area contributed by atoms with Gasteiger partial charge in [0.15, 0.2) is 11.5 Å². The lowest BCUT2D eigenvalue weighted by Crippen LogP contribution is -2.08. The molecule has 2 aromatic carbocycles. The molecular weight excluding hydrogens is 344 g/mol. The van der Waals surface area contributed by atoms with Gasteiger partial charge in [0, 0.05) is 21.2 Å². The number of hydrogen-bond acceptors (Lipinski definition) is 4. The van der Waals surface area contributed by atoms with E-state index in [0.29, 0.717) is 0 Å². The van der Waals surface area contributed by atoms with E-state index in [2.05, 4.69) is 11.8 Å². The van der Waals surface area contributed by atoms with Gasteiger partial charge in [-0.05, 0) is 36.4 Å². The quantitative estimate of drug-likeness (QED) is 0.396.